The molecule has 0 heterocycles. The highest BCUT2D eigenvalue weighted by molar-refractivity contribution is 5.96. The van der Waals surface area contributed by atoms with E-state index in [0.29, 0.717) is 17.4 Å². The van der Waals surface area contributed by atoms with Crippen LogP contribution in [0.2, 0.25) is 0 Å². The molecule has 3 saturated carbocycles. The lowest BCUT2D eigenvalue weighted by Crippen LogP contribution is -2.49. The number of hydrogen-bond donors (Lipinski definition) is 1. The number of hydrogen-bond acceptors (Lipinski definition) is 3. The first-order valence-corrected chi connectivity index (χ1v) is 11.3. The fourth-order valence-electron chi connectivity index (χ4n) is 6.99. The standard InChI is InChI=1S/C24H38N2O/c1-17-6-9-21-20-8-7-18-16-19(26-27-15-5-4-14-25)10-12-24(18,3)22(20)11-13-23(17,21)2/h16,20-22H,1,4-15,25H2,2-3H3/t20?,21?,22?,23-,24+/m1/s1. The summed E-state index contributed by atoms with van der Waals surface area (Å²) in [6, 6.07) is 0. The van der Waals surface area contributed by atoms with Crippen molar-refractivity contribution in [3.05, 3.63) is 23.8 Å². The molecule has 3 heteroatoms. The minimum atomic E-state index is 0.382. The molecule has 5 atom stereocenters. The molecule has 3 unspecified atom stereocenters. The molecule has 4 rings (SSSR count). The number of unbranched alkanes of at least 4 members (excludes halogenated alkanes) is 1. The normalized spacial score (nSPS) is 42.3. The van der Waals surface area contributed by atoms with Gasteiger partial charge in [0, 0.05) is 0 Å². The van der Waals surface area contributed by atoms with Crippen molar-refractivity contribution in [3.63, 3.8) is 0 Å². The second-order valence-electron chi connectivity index (χ2n) is 10.0. The molecular weight excluding hydrogens is 332 g/mol. The monoisotopic (exact) mass is 370 g/mol. The van der Waals surface area contributed by atoms with Gasteiger partial charge in [-0.05, 0) is 105 Å². The van der Waals surface area contributed by atoms with Crippen LogP contribution in [0.5, 0.6) is 0 Å². The number of rotatable bonds is 5. The highest BCUT2D eigenvalue weighted by Gasteiger charge is 2.57. The Morgan fingerprint density at radius 2 is 1.89 bits per heavy atom. The molecule has 0 radical (unpaired) electrons. The van der Waals surface area contributed by atoms with Crippen LogP contribution in [-0.2, 0) is 4.84 Å². The molecule has 0 saturated heterocycles. The van der Waals surface area contributed by atoms with E-state index in [2.05, 4.69) is 31.7 Å². The highest BCUT2D eigenvalue weighted by Crippen LogP contribution is 2.66. The molecular formula is C24H38N2O. The molecule has 0 aliphatic heterocycles. The summed E-state index contributed by atoms with van der Waals surface area (Å²) in [4.78, 5) is 5.55. The Morgan fingerprint density at radius 1 is 1.07 bits per heavy atom. The Hall–Kier alpha value is -1.09. The first-order chi connectivity index (χ1) is 13.0. The predicted octanol–water partition coefficient (Wildman–Crippen LogP) is 5.62. The summed E-state index contributed by atoms with van der Waals surface area (Å²) >= 11 is 0. The maximum atomic E-state index is 5.55. The quantitative estimate of drug-likeness (QED) is 0.388. The number of nitrogens with zero attached hydrogens (tertiary/aromatic N) is 1. The van der Waals surface area contributed by atoms with Crippen LogP contribution in [0.1, 0.15) is 78.1 Å². The average molecular weight is 371 g/mol. The average Bonchev–Trinajstić information content (AvgIpc) is 2.97. The summed E-state index contributed by atoms with van der Waals surface area (Å²) in [7, 11) is 0. The van der Waals surface area contributed by atoms with Crippen LogP contribution in [0.3, 0.4) is 0 Å². The van der Waals surface area contributed by atoms with Crippen molar-refractivity contribution in [2.75, 3.05) is 13.2 Å². The molecule has 2 N–H and O–H groups in total. The Kier molecular flexibility index (Phi) is 5.26. The van der Waals surface area contributed by atoms with Gasteiger partial charge in [-0.15, -0.1) is 0 Å². The molecule has 0 aromatic carbocycles. The van der Waals surface area contributed by atoms with E-state index in [1.807, 2.05) is 0 Å². The smallest absolute Gasteiger partial charge is 0.117 e. The van der Waals surface area contributed by atoms with E-state index >= 15 is 0 Å². The van der Waals surface area contributed by atoms with Gasteiger partial charge in [-0.1, -0.05) is 36.7 Å². The molecule has 27 heavy (non-hydrogen) atoms. The first kappa shape index (κ1) is 19.2. The van der Waals surface area contributed by atoms with E-state index in [1.165, 1.54) is 44.9 Å². The van der Waals surface area contributed by atoms with Gasteiger partial charge >= 0.3 is 0 Å². The maximum absolute atomic E-state index is 5.55. The van der Waals surface area contributed by atoms with Crippen molar-refractivity contribution in [1.29, 1.82) is 0 Å². The summed E-state index contributed by atoms with van der Waals surface area (Å²) in [5.41, 5.74) is 10.7. The molecule has 3 fully saturated rings. The summed E-state index contributed by atoms with van der Waals surface area (Å²) in [6.07, 6.45) is 14.7. The number of oxime groups is 1. The van der Waals surface area contributed by atoms with Crippen LogP contribution in [0, 0.1) is 28.6 Å². The SMILES string of the molecule is C=C1CCC2C3CCC4=CC(=NOCCCCN)CC[C@]4(C)C3CC[C@]12C. The van der Waals surface area contributed by atoms with E-state index in [4.69, 9.17) is 10.6 Å². The fraction of sp³-hybridized carbons (Fsp3) is 0.792. The first-order valence-electron chi connectivity index (χ1n) is 11.3. The maximum Gasteiger partial charge on any atom is 0.117 e. The van der Waals surface area contributed by atoms with Crippen LogP contribution < -0.4 is 5.73 Å². The number of fused-ring (bicyclic) bond motifs is 5. The fourth-order valence-corrected chi connectivity index (χ4v) is 6.99. The van der Waals surface area contributed by atoms with Crippen molar-refractivity contribution >= 4 is 5.71 Å². The van der Waals surface area contributed by atoms with Crippen LogP contribution in [-0.4, -0.2) is 18.9 Å². The van der Waals surface area contributed by atoms with Crippen LogP contribution >= 0.6 is 0 Å². The Morgan fingerprint density at radius 3 is 2.70 bits per heavy atom. The van der Waals surface area contributed by atoms with Gasteiger partial charge in [-0.25, -0.2) is 0 Å². The van der Waals surface area contributed by atoms with Gasteiger partial charge in [-0.3, -0.25) is 0 Å². The molecule has 0 spiro atoms. The molecule has 4 aliphatic rings. The van der Waals surface area contributed by atoms with Crippen molar-refractivity contribution < 1.29 is 4.84 Å². The summed E-state index contributed by atoms with van der Waals surface area (Å²) in [6.45, 7) is 11.0. The van der Waals surface area contributed by atoms with Crippen molar-refractivity contribution in [2.45, 2.75) is 78.1 Å². The van der Waals surface area contributed by atoms with E-state index < -0.39 is 0 Å². The van der Waals surface area contributed by atoms with Gasteiger partial charge in [0.25, 0.3) is 0 Å². The zero-order valence-corrected chi connectivity index (χ0v) is 17.4. The van der Waals surface area contributed by atoms with E-state index in [-0.39, 0.29) is 0 Å². The molecule has 3 nitrogen and oxygen atoms in total. The lowest BCUT2D eigenvalue weighted by Gasteiger charge is -2.57. The van der Waals surface area contributed by atoms with Crippen LogP contribution in [0.25, 0.3) is 0 Å². The van der Waals surface area contributed by atoms with Gasteiger partial charge in [-0.2, -0.15) is 0 Å². The van der Waals surface area contributed by atoms with Crippen LogP contribution in [0.15, 0.2) is 29.0 Å². The van der Waals surface area contributed by atoms with Gasteiger partial charge in [0.1, 0.15) is 6.61 Å². The van der Waals surface area contributed by atoms with Crippen molar-refractivity contribution in [3.8, 4) is 0 Å². The summed E-state index contributed by atoms with van der Waals surface area (Å²) < 4.78 is 0. The Labute approximate surface area is 165 Å². The zero-order chi connectivity index (χ0) is 19.1. The third-order valence-corrected chi connectivity index (χ3v) is 8.80. The van der Waals surface area contributed by atoms with E-state index in [0.717, 1.165) is 49.3 Å². The molecule has 0 aromatic rings. The van der Waals surface area contributed by atoms with E-state index in [9.17, 15) is 0 Å². The Bertz CT molecular complexity index is 651. The minimum Gasteiger partial charge on any atom is -0.396 e. The van der Waals surface area contributed by atoms with Gasteiger partial charge < -0.3 is 10.6 Å². The zero-order valence-electron chi connectivity index (χ0n) is 17.4. The third-order valence-electron chi connectivity index (χ3n) is 8.80. The molecule has 4 aliphatic carbocycles. The summed E-state index contributed by atoms with van der Waals surface area (Å²) in [5, 5.41) is 4.44. The Balaban J connectivity index is 1.48. The topological polar surface area (TPSA) is 47.6 Å². The lowest BCUT2D eigenvalue weighted by molar-refractivity contribution is -0.0226. The second kappa shape index (κ2) is 7.39. The highest BCUT2D eigenvalue weighted by atomic mass is 16.6. The minimum absolute atomic E-state index is 0.382. The van der Waals surface area contributed by atoms with Gasteiger partial charge in [0.15, 0.2) is 0 Å². The largest absolute Gasteiger partial charge is 0.396 e. The second-order valence-corrected chi connectivity index (χ2v) is 10.0. The van der Waals surface area contributed by atoms with Gasteiger partial charge in [0.2, 0.25) is 0 Å². The summed E-state index contributed by atoms with van der Waals surface area (Å²) in [5.74, 6) is 2.63. The molecule has 0 aromatic heterocycles. The molecule has 0 bridgehead atoms. The van der Waals surface area contributed by atoms with Crippen LogP contribution in [0.4, 0.5) is 0 Å². The van der Waals surface area contributed by atoms with Crippen molar-refractivity contribution in [1.82, 2.24) is 0 Å². The predicted molar refractivity (Wildman–Crippen MR) is 113 cm³/mol. The third kappa shape index (κ3) is 3.20. The number of nitrogens with two attached hydrogens (primary N) is 1. The molecule has 150 valence electrons. The molecule has 0 amide bonds. The lowest BCUT2D eigenvalue weighted by atomic mass is 9.47. The van der Waals surface area contributed by atoms with E-state index in [1.54, 1.807) is 11.1 Å². The van der Waals surface area contributed by atoms with Crippen molar-refractivity contribution in [2.24, 2.45) is 39.5 Å². The van der Waals surface area contributed by atoms with Gasteiger partial charge in [0.05, 0.1) is 5.71 Å². The number of allylic oxidation sites excluding steroid dienone is 3.